The van der Waals surface area contributed by atoms with Crippen LogP contribution in [-0.2, 0) is 6.54 Å². The van der Waals surface area contributed by atoms with Gasteiger partial charge in [0.25, 0.3) is 0 Å². The summed E-state index contributed by atoms with van der Waals surface area (Å²) in [6, 6.07) is 1.85. The molecule has 1 aromatic rings. The highest BCUT2D eigenvalue weighted by atomic mass is 35.5. The molecule has 0 aromatic carbocycles. The predicted octanol–water partition coefficient (Wildman–Crippen LogP) is 3.25. The van der Waals surface area contributed by atoms with E-state index >= 15 is 0 Å². The van der Waals surface area contributed by atoms with E-state index in [4.69, 9.17) is 11.6 Å². The minimum absolute atomic E-state index is 0.194. The summed E-state index contributed by atoms with van der Waals surface area (Å²) in [7, 11) is 0. The fraction of sp³-hybridized carbons (Fsp3) is 0.615. The molecule has 0 radical (unpaired) electrons. The van der Waals surface area contributed by atoms with Gasteiger partial charge in [0.1, 0.15) is 5.82 Å². The number of hydrogen-bond donors (Lipinski definition) is 1. The first-order valence-electron chi connectivity index (χ1n) is 6.22. The molecule has 2 nitrogen and oxygen atoms in total. The summed E-state index contributed by atoms with van der Waals surface area (Å²) in [6.07, 6.45) is 8.80. The SMILES string of the molecule is Fc1cncc(CNC2CCCCCC2Cl)c1. The molecule has 1 saturated carbocycles. The van der Waals surface area contributed by atoms with Crippen LogP contribution >= 0.6 is 11.6 Å². The molecule has 1 aliphatic rings. The average Bonchev–Trinajstić information content (AvgIpc) is 2.52. The smallest absolute Gasteiger partial charge is 0.141 e. The molecule has 2 rings (SSSR count). The molecule has 1 heterocycles. The van der Waals surface area contributed by atoms with Crippen molar-refractivity contribution in [3.8, 4) is 0 Å². The molecular weight excluding hydrogens is 239 g/mol. The van der Waals surface area contributed by atoms with Gasteiger partial charge in [-0.15, -0.1) is 11.6 Å². The van der Waals surface area contributed by atoms with Gasteiger partial charge in [0.2, 0.25) is 0 Å². The predicted molar refractivity (Wildman–Crippen MR) is 67.5 cm³/mol. The Hall–Kier alpha value is -0.670. The molecule has 0 spiro atoms. The Labute approximate surface area is 107 Å². The van der Waals surface area contributed by atoms with Crippen molar-refractivity contribution >= 4 is 11.6 Å². The van der Waals surface area contributed by atoms with Gasteiger partial charge in [-0.05, 0) is 24.5 Å². The number of pyridine rings is 1. The summed E-state index contributed by atoms with van der Waals surface area (Å²) in [5.74, 6) is -0.285. The van der Waals surface area contributed by atoms with E-state index in [2.05, 4.69) is 10.3 Å². The van der Waals surface area contributed by atoms with Crippen molar-refractivity contribution in [1.29, 1.82) is 0 Å². The van der Waals surface area contributed by atoms with Gasteiger partial charge in [-0.25, -0.2) is 4.39 Å². The molecule has 1 aliphatic carbocycles. The van der Waals surface area contributed by atoms with Crippen molar-refractivity contribution in [2.75, 3.05) is 0 Å². The monoisotopic (exact) mass is 256 g/mol. The summed E-state index contributed by atoms with van der Waals surface area (Å²) in [6.45, 7) is 0.638. The molecule has 1 aromatic heterocycles. The highest BCUT2D eigenvalue weighted by Gasteiger charge is 2.20. The quantitative estimate of drug-likeness (QED) is 0.663. The Kier molecular flexibility index (Phi) is 4.75. The molecule has 94 valence electrons. The summed E-state index contributed by atoms with van der Waals surface area (Å²) in [4.78, 5) is 3.84. The molecule has 1 N–H and O–H groups in total. The lowest BCUT2D eigenvalue weighted by Crippen LogP contribution is -2.35. The van der Waals surface area contributed by atoms with Gasteiger partial charge in [-0.3, -0.25) is 4.98 Å². The van der Waals surface area contributed by atoms with Gasteiger partial charge >= 0.3 is 0 Å². The lowest BCUT2D eigenvalue weighted by atomic mass is 10.1. The maximum atomic E-state index is 13.0. The second kappa shape index (κ2) is 6.31. The highest BCUT2D eigenvalue weighted by Crippen LogP contribution is 2.22. The van der Waals surface area contributed by atoms with Gasteiger partial charge in [0, 0.05) is 24.2 Å². The van der Waals surface area contributed by atoms with Crippen LogP contribution in [0.25, 0.3) is 0 Å². The van der Waals surface area contributed by atoms with Crippen LogP contribution in [0.3, 0.4) is 0 Å². The van der Waals surface area contributed by atoms with Gasteiger partial charge in [-0.2, -0.15) is 0 Å². The van der Waals surface area contributed by atoms with Gasteiger partial charge in [0.15, 0.2) is 0 Å². The van der Waals surface area contributed by atoms with Crippen molar-refractivity contribution in [1.82, 2.24) is 10.3 Å². The molecule has 17 heavy (non-hydrogen) atoms. The van der Waals surface area contributed by atoms with E-state index in [9.17, 15) is 4.39 Å². The summed E-state index contributed by atoms with van der Waals surface area (Å²) >= 11 is 6.33. The third-order valence-corrected chi connectivity index (χ3v) is 3.78. The van der Waals surface area contributed by atoms with E-state index in [1.165, 1.54) is 31.5 Å². The standard InChI is InChI=1S/C13H18ClFN2/c14-12-4-2-1-3-5-13(12)17-8-10-6-11(15)9-16-7-10/h6-7,9,12-13,17H,1-5,8H2. The normalized spacial score (nSPS) is 25.5. The van der Waals surface area contributed by atoms with Gasteiger partial charge in [0.05, 0.1) is 6.20 Å². The summed E-state index contributed by atoms with van der Waals surface area (Å²) in [5, 5.41) is 3.61. The zero-order valence-electron chi connectivity index (χ0n) is 9.83. The molecule has 0 amide bonds. The minimum atomic E-state index is -0.285. The third-order valence-electron chi connectivity index (χ3n) is 3.26. The van der Waals surface area contributed by atoms with E-state index in [0.29, 0.717) is 12.6 Å². The summed E-state index contributed by atoms with van der Waals surface area (Å²) in [5.41, 5.74) is 0.873. The zero-order chi connectivity index (χ0) is 12.1. The van der Waals surface area contributed by atoms with Crippen molar-refractivity contribution in [2.24, 2.45) is 0 Å². The molecule has 1 fully saturated rings. The molecule has 4 heteroatoms. The Morgan fingerprint density at radius 2 is 2.12 bits per heavy atom. The fourth-order valence-corrected chi connectivity index (χ4v) is 2.66. The third kappa shape index (κ3) is 3.93. The number of alkyl halides is 1. The van der Waals surface area contributed by atoms with Crippen LogP contribution in [0, 0.1) is 5.82 Å². The van der Waals surface area contributed by atoms with E-state index in [0.717, 1.165) is 18.4 Å². The number of nitrogens with one attached hydrogen (secondary N) is 1. The average molecular weight is 257 g/mol. The maximum absolute atomic E-state index is 13.0. The van der Waals surface area contributed by atoms with Gasteiger partial charge in [-0.1, -0.05) is 19.3 Å². The lowest BCUT2D eigenvalue weighted by molar-refractivity contribution is 0.463. The van der Waals surface area contributed by atoms with Crippen LogP contribution in [0.2, 0.25) is 0 Å². The van der Waals surface area contributed by atoms with Crippen molar-refractivity contribution in [3.63, 3.8) is 0 Å². The van der Waals surface area contributed by atoms with Crippen LogP contribution in [0.5, 0.6) is 0 Å². The van der Waals surface area contributed by atoms with Crippen LogP contribution in [0.1, 0.15) is 37.7 Å². The van der Waals surface area contributed by atoms with Crippen LogP contribution in [0.15, 0.2) is 18.5 Å². The molecule has 0 aliphatic heterocycles. The Bertz CT molecular complexity index is 359. The van der Waals surface area contributed by atoms with E-state index in [1.807, 2.05) is 0 Å². The first-order chi connectivity index (χ1) is 8.25. The number of rotatable bonds is 3. The number of aromatic nitrogens is 1. The summed E-state index contributed by atoms with van der Waals surface area (Å²) < 4.78 is 13.0. The molecular formula is C13H18ClFN2. The molecule has 0 bridgehead atoms. The van der Waals surface area contributed by atoms with E-state index < -0.39 is 0 Å². The Balaban J connectivity index is 1.88. The van der Waals surface area contributed by atoms with Crippen molar-refractivity contribution < 1.29 is 4.39 Å². The second-order valence-electron chi connectivity index (χ2n) is 4.65. The topological polar surface area (TPSA) is 24.9 Å². The second-order valence-corrected chi connectivity index (χ2v) is 5.21. The van der Waals surface area contributed by atoms with E-state index in [1.54, 1.807) is 6.20 Å². The van der Waals surface area contributed by atoms with Crippen LogP contribution in [0.4, 0.5) is 4.39 Å². The molecule has 2 atom stereocenters. The van der Waals surface area contributed by atoms with Gasteiger partial charge < -0.3 is 5.32 Å². The largest absolute Gasteiger partial charge is 0.308 e. The number of halogens is 2. The van der Waals surface area contributed by atoms with Crippen LogP contribution < -0.4 is 5.32 Å². The lowest BCUT2D eigenvalue weighted by Gasteiger charge is -2.21. The minimum Gasteiger partial charge on any atom is -0.308 e. The Morgan fingerprint density at radius 3 is 2.94 bits per heavy atom. The van der Waals surface area contributed by atoms with Crippen molar-refractivity contribution in [2.45, 2.75) is 50.1 Å². The fourth-order valence-electron chi connectivity index (χ4n) is 2.29. The Morgan fingerprint density at radius 1 is 1.29 bits per heavy atom. The van der Waals surface area contributed by atoms with Crippen LogP contribution in [-0.4, -0.2) is 16.4 Å². The number of hydrogen-bond acceptors (Lipinski definition) is 2. The zero-order valence-corrected chi connectivity index (χ0v) is 10.6. The molecule has 0 saturated heterocycles. The van der Waals surface area contributed by atoms with E-state index in [-0.39, 0.29) is 11.2 Å². The highest BCUT2D eigenvalue weighted by molar-refractivity contribution is 6.21. The maximum Gasteiger partial charge on any atom is 0.141 e. The van der Waals surface area contributed by atoms with Crippen molar-refractivity contribution in [3.05, 3.63) is 29.8 Å². The molecule has 2 unspecified atom stereocenters. The first kappa shape index (κ1) is 12.8. The first-order valence-corrected chi connectivity index (χ1v) is 6.66. The number of nitrogens with zero attached hydrogens (tertiary/aromatic N) is 1.